The predicted octanol–water partition coefficient (Wildman–Crippen LogP) is 3.12. The lowest BCUT2D eigenvalue weighted by Crippen LogP contribution is -2.65. The molecule has 168 valence electrons. The van der Waals surface area contributed by atoms with Crippen molar-refractivity contribution in [3.8, 4) is 6.07 Å². The van der Waals surface area contributed by atoms with Gasteiger partial charge in [0.25, 0.3) is 0 Å². The zero-order valence-corrected chi connectivity index (χ0v) is 18.9. The van der Waals surface area contributed by atoms with Crippen LogP contribution >= 0.6 is 0 Å². The van der Waals surface area contributed by atoms with Crippen molar-refractivity contribution in [3.63, 3.8) is 0 Å². The summed E-state index contributed by atoms with van der Waals surface area (Å²) in [4.78, 5) is 4.46. The van der Waals surface area contributed by atoms with E-state index < -0.39 is 5.82 Å². The van der Waals surface area contributed by atoms with Gasteiger partial charge in [0.2, 0.25) is 0 Å². The Morgan fingerprint density at radius 3 is 2.73 bits per heavy atom. The van der Waals surface area contributed by atoms with Crippen LogP contribution in [0.15, 0.2) is 30.5 Å². The minimum Gasteiger partial charge on any atom is -0.367 e. The van der Waals surface area contributed by atoms with Gasteiger partial charge in [-0.1, -0.05) is 0 Å². The van der Waals surface area contributed by atoms with Gasteiger partial charge in [-0.2, -0.15) is 15.5 Å². The number of nitriles is 1. The molecule has 0 bridgehead atoms. The molecule has 8 nitrogen and oxygen atoms in total. The number of pyridine rings is 1. The zero-order valence-electron chi connectivity index (χ0n) is 18.9. The summed E-state index contributed by atoms with van der Waals surface area (Å²) in [6.45, 7) is 9.27. The van der Waals surface area contributed by atoms with Crippen LogP contribution in [-0.2, 0) is 6.54 Å². The average molecular weight is 445 g/mol. The first kappa shape index (κ1) is 20.0. The molecular weight excluding hydrogens is 419 g/mol. The maximum Gasteiger partial charge on any atom is 0.171 e. The van der Waals surface area contributed by atoms with Crippen LogP contribution in [0.25, 0.3) is 16.4 Å². The largest absolute Gasteiger partial charge is 0.367 e. The van der Waals surface area contributed by atoms with Crippen molar-refractivity contribution >= 4 is 27.8 Å². The van der Waals surface area contributed by atoms with Crippen molar-refractivity contribution in [3.05, 3.63) is 53.2 Å². The monoisotopic (exact) mass is 444 g/mol. The van der Waals surface area contributed by atoms with Crippen LogP contribution in [0.4, 0.5) is 15.8 Å². The average Bonchev–Trinajstić information content (AvgIpc) is 3.32. The molecule has 3 aromatic heterocycles. The first-order valence-electron chi connectivity index (χ1n) is 11.1. The summed E-state index contributed by atoms with van der Waals surface area (Å²) in [6, 6.07) is 10.1. The van der Waals surface area contributed by atoms with E-state index in [4.69, 9.17) is 10.8 Å². The molecule has 1 fully saturated rings. The SMILES string of the molecule is Cc1cc2c3n(nc2cc1N1CC(C)(N)C1)[C@H](C)CN(c1ccc(C#N)n2ncc(F)c12)C3. The molecule has 6 rings (SSSR count). The van der Waals surface area contributed by atoms with E-state index in [1.54, 1.807) is 6.07 Å². The molecule has 0 unspecified atom stereocenters. The van der Waals surface area contributed by atoms with E-state index in [0.717, 1.165) is 35.4 Å². The van der Waals surface area contributed by atoms with Gasteiger partial charge < -0.3 is 15.5 Å². The Balaban J connectivity index is 1.43. The molecule has 9 heteroatoms. The van der Waals surface area contributed by atoms with Gasteiger partial charge in [0, 0.05) is 36.2 Å². The molecular formula is C24H25FN8. The van der Waals surface area contributed by atoms with Crippen molar-refractivity contribution < 1.29 is 4.39 Å². The first-order valence-corrected chi connectivity index (χ1v) is 11.1. The minimum atomic E-state index is -0.430. The molecule has 2 aliphatic rings. The summed E-state index contributed by atoms with van der Waals surface area (Å²) in [5.74, 6) is -0.430. The van der Waals surface area contributed by atoms with Gasteiger partial charge in [0.15, 0.2) is 5.82 Å². The lowest BCUT2D eigenvalue weighted by molar-refractivity contribution is 0.365. The Kier molecular flexibility index (Phi) is 4.05. The van der Waals surface area contributed by atoms with Gasteiger partial charge in [0.05, 0.1) is 35.7 Å². The maximum atomic E-state index is 14.7. The second-order valence-corrected chi connectivity index (χ2v) is 9.76. The molecule has 1 saturated heterocycles. The third kappa shape index (κ3) is 2.91. The number of rotatable bonds is 2. The number of hydrogen-bond donors (Lipinski definition) is 1. The highest BCUT2D eigenvalue weighted by Crippen LogP contribution is 2.37. The third-order valence-corrected chi connectivity index (χ3v) is 6.85. The van der Waals surface area contributed by atoms with Crippen molar-refractivity contribution in [2.45, 2.75) is 38.9 Å². The third-order valence-electron chi connectivity index (χ3n) is 6.85. The number of hydrogen-bond acceptors (Lipinski definition) is 6. The summed E-state index contributed by atoms with van der Waals surface area (Å²) in [5.41, 5.74) is 11.9. The normalized spacial score (nSPS) is 19.6. The van der Waals surface area contributed by atoms with Crippen LogP contribution in [0, 0.1) is 24.1 Å². The van der Waals surface area contributed by atoms with E-state index in [1.807, 2.05) is 6.07 Å². The van der Waals surface area contributed by atoms with Crippen LogP contribution in [0.1, 0.15) is 36.8 Å². The van der Waals surface area contributed by atoms with Gasteiger partial charge >= 0.3 is 0 Å². The molecule has 0 radical (unpaired) electrons. The Bertz CT molecular complexity index is 1470. The van der Waals surface area contributed by atoms with Crippen LogP contribution < -0.4 is 15.5 Å². The Hall–Kier alpha value is -3.64. The summed E-state index contributed by atoms with van der Waals surface area (Å²) < 4.78 is 18.2. The Morgan fingerprint density at radius 1 is 1.21 bits per heavy atom. The predicted molar refractivity (Wildman–Crippen MR) is 125 cm³/mol. The van der Waals surface area contributed by atoms with E-state index in [-0.39, 0.29) is 11.6 Å². The lowest BCUT2D eigenvalue weighted by atomic mass is 9.92. The van der Waals surface area contributed by atoms with Crippen LogP contribution in [-0.4, -0.2) is 44.6 Å². The number of nitrogens with zero attached hydrogens (tertiary/aromatic N) is 7. The summed E-state index contributed by atoms with van der Waals surface area (Å²) >= 11 is 0. The number of anilines is 2. The molecule has 1 atom stereocenters. The highest BCUT2D eigenvalue weighted by Gasteiger charge is 2.36. The summed E-state index contributed by atoms with van der Waals surface area (Å²) in [5, 5.41) is 19.5. The van der Waals surface area contributed by atoms with E-state index in [9.17, 15) is 9.65 Å². The molecule has 4 aromatic rings. The molecule has 0 saturated carbocycles. The first-order chi connectivity index (χ1) is 15.8. The maximum absolute atomic E-state index is 14.7. The number of benzene rings is 1. The van der Waals surface area contributed by atoms with E-state index >= 15 is 0 Å². The van der Waals surface area contributed by atoms with Gasteiger partial charge in [-0.3, -0.25) is 4.68 Å². The Labute approximate surface area is 190 Å². The fourth-order valence-corrected chi connectivity index (χ4v) is 5.37. The molecule has 33 heavy (non-hydrogen) atoms. The summed E-state index contributed by atoms with van der Waals surface area (Å²) in [7, 11) is 0. The highest BCUT2D eigenvalue weighted by molar-refractivity contribution is 5.88. The topological polar surface area (TPSA) is 91.4 Å². The number of halogens is 1. The molecule has 2 aliphatic heterocycles. The van der Waals surface area contributed by atoms with Crippen LogP contribution in [0.3, 0.4) is 0 Å². The fraction of sp³-hybridized carbons (Fsp3) is 0.375. The van der Waals surface area contributed by atoms with Gasteiger partial charge in [0.1, 0.15) is 17.3 Å². The van der Waals surface area contributed by atoms with Crippen molar-refractivity contribution in [1.29, 1.82) is 5.26 Å². The quantitative estimate of drug-likeness (QED) is 0.511. The van der Waals surface area contributed by atoms with E-state index in [0.29, 0.717) is 24.3 Å². The number of nitrogens with two attached hydrogens (primary N) is 1. The van der Waals surface area contributed by atoms with Crippen LogP contribution in [0.2, 0.25) is 0 Å². The highest BCUT2D eigenvalue weighted by atomic mass is 19.1. The second kappa shape index (κ2) is 6.68. The molecule has 0 spiro atoms. The number of aryl methyl sites for hydroxylation is 1. The smallest absolute Gasteiger partial charge is 0.171 e. The van der Waals surface area contributed by atoms with Crippen molar-refractivity contribution in [1.82, 2.24) is 19.4 Å². The van der Waals surface area contributed by atoms with E-state index in [2.05, 4.69) is 58.6 Å². The standard InChI is InChI=1S/C24H25FN8/c1-14-6-17-19(7-21(14)31-12-24(3,27)13-31)29-32-15(2)10-30(11-22(17)32)20-5-4-16(8-26)33-23(20)18(25)9-28-33/h4-7,9,15H,10-13,27H2,1-3H3/t15-/m1/s1. The molecule has 2 N–H and O–H groups in total. The molecule has 1 aromatic carbocycles. The van der Waals surface area contributed by atoms with Gasteiger partial charge in [-0.25, -0.2) is 8.91 Å². The zero-order chi connectivity index (χ0) is 23.1. The number of fused-ring (bicyclic) bond motifs is 4. The Morgan fingerprint density at radius 2 is 2.00 bits per heavy atom. The fourth-order valence-electron chi connectivity index (χ4n) is 5.37. The molecule has 5 heterocycles. The lowest BCUT2D eigenvalue weighted by Gasteiger charge is -2.47. The van der Waals surface area contributed by atoms with Crippen molar-refractivity contribution in [2.24, 2.45) is 5.73 Å². The minimum absolute atomic E-state index is 0.0999. The molecule has 0 amide bonds. The summed E-state index contributed by atoms with van der Waals surface area (Å²) in [6.07, 6.45) is 1.17. The number of aromatic nitrogens is 4. The van der Waals surface area contributed by atoms with Crippen molar-refractivity contribution in [2.75, 3.05) is 29.4 Å². The van der Waals surface area contributed by atoms with Crippen LogP contribution in [0.5, 0.6) is 0 Å². The second-order valence-electron chi connectivity index (χ2n) is 9.76. The van der Waals surface area contributed by atoms with Gasteiger partial charge in [-0.15, -0.1) is 0 Å². The molecule has 0 aliphatic carbocycles. The van der Waals surface area contributed by atoms with E-state index in [1.165, 1.54) is 22.0 Å². The van der Waals surface area contributed by atoms with Gasteiger partial charge in [-0.05, 0) is 50.6 Å².